The molecule has 0 N–H and O–H groups in total. The summed E-state index contributed by atoms with van der Waals surface area (Å²) in [7, 11) is 0. The van der Waals surface area contributed by atoms with Crippen molar-refractivity contribution < 1.29 is 9.21 Å². The van der Waals surface area contributed by atoms with E-state index in [1.807, 2.05) is 18.2 Å². The number of hydrogen-bond donors (Lipinski definition) is 0. The van der Waals surface area contributed by atoms with Gasteiger partial charge < -0.3 is 4.42 Å². The maximum absolute atomic E-state index is 11.9. The molecule has 1 aliphatic rings. The van der Waals surface area contributed by atoms with Crippen LogP contribution in [0.4, 0.5) is 0 Å². The molecule has 0 amide bonds. The minimum Gasteiger partial charge on any atom is -0.421 e. The average molecular weight is 716 g/mol. The molecule has 0 aromatic carbocycles. The monoisotopic (exact) mass is 712 g/mol. The zero-order valence-electron chi connectivity index (χ0n) is 13.7. The normalized spacial score (nSPS) is 12.3. The molecule has 6 rings (SSSR count). The molecule has 11 heteroatoms. The van der Waals surface area contributed by atoms with Crippen LogP contribution < -0.4 is 5.63 Å². The van der Waals surface area contributed by atoms with Crippen molar-refractivity contribution >= 4 is 135 Å². The van der Waals surface area contributed by atoms with Crippen molar-refractivity contribution in [1.82, 2.24) is 0 Å². The molecular weight excluding hydrogens is 712 g/mol. The molecule has 0 unspecified atom stereocenters. The van der Waals surface area contributed by atoms with Crippen LogP contribution >= 0.6 is 109 Å². The third-order valence-electron chi connectivity index (χ3n) is 4.10. The largest absolute Gasteiger partial charge is 0.421 e. The van der Waals surface area contributed by atoms with Gasteiger partial charge in [0.2, 0.25) is 0 Å². The van der Waals surface area contributed by atoms with Crippen LogP contribution in [0.1, 0.15) is 15.9 Å². The molecule has 5 aromatic rings. The molecule has 0 bridgehead atoms. The lowest BCUT2D eigenvalue weighted by atomic mass is 10.2. The van der Waals surface area contributed by atoms with Crippen molar-refractivity contribution in [3.63, 3.8) is 0 Å². The Morgan fingerprint density at radius 3 is 1.79 bits per heavy atom. The summed E-state index contributed by atoms with van der Waals surface area (Å²) in [6.07, 6.45) is 0. The van der Waals surface area contributed by atoms with Crippen LogP contribution in [0, 0.1) is 0 Å². The van der Waals surface area contributed by atoms with E-state index >= 15 is 0 Å². The van der Waals surface area contributed by atoms with Gasteiger partial charge in [0.25, 0.3) is 0 Å². The zero-order chi connectivity index (χ0) is 20.4. The van der Waals surface area contributed by atoms with Crippen LogP contribution in [-0.4, -0.2) is 5.78 Å². The summed E-state index contributed by atoms with van der Waals surface area (Å²) in [5, 5.41) is 0.647. The summed E-state index contributed by atoms with van der Waals surface area (Å²) in [6, 6.07) is 7.44. The summed E-state index contributed by atoms with van der Waals surface area (Å²) in [5.74, 6) is 0.152. The molecule has 0 saturated heterocycles. The van der Waals surface area contributed by atoms with Gasteiger partial charge in [-0.25, -0.2) is 4.79 Å². The van der Waals surface area contributed by atoms with E-state index in [1.165, 1.54) is 0 Å². The Hall–Kier alpha value is -0.140. The van der Waals surface area contributed by atoms with Gasteiger partial charge in [0.15, 0.2) is 11.4 Å². The van der Waals surface area contributed by atoms with Gasteiger partial charge in [-0.05, 0) is 81.9 Å². The molecule has 1 aliphatic carbocycles. The first-order valence-electron chi connectivity index (χ1n) is 7.76. The van der Waals surface area contributed by atoms with Crippen molar-refractivity contribution in [2.45, 2.75) is 0 Å². The highest BCUT2D eigenvalue weighted by molar-refractivity contribution is 9.11. The number of ketones is 1. The third-order valence-corrected chi connectivity index (χ3v) is 11.0. The number of rotatable bonds is 0. The van der Waals surface area contributed by atoms with Crippen LogP contribution in [0.3, 0.4) is 0 Å². The number of hydrogen-bond acceptors (Lipinski definition) is 7. The second kappa shape index (κ2) is 7.77. The van der Waals surface area contributed by atoms with Crippen LogP contribution in [-0.2, 0) is 0 Å². The van der Waals surface area contributed by atoms with E-state index in [4.69, 9.17) is 4.42 Å². The maximum atomic E-state index is 11.9. The summed E-state index contributed by atoms with van der Waals surface area (Å²) in [6.45, 7) is 0. The number of halogens is 4. The first kappa shape index (κ1) is 20.7. The SMILES string of the molecule is O=C1c2cc(Br)sc2-c2sc(Br)cc21.O=c1oc2cc(Br)sc2c2sc(Br)cc12. The van der Waals surface area contributed by atoms with Gasteiger partial charge in [0.1, 0.15) is 0 Å². The number of thiophene rings is 4. The fourth-order valence-electron chi connectivity index (χ4n) is 2.96. The van der Waals surface area contributed by atoms with Gasteiger partial charge in [-0.15, -0.1) is 45.3 Å². The Morgan fingerprint density at radius 2 is 1.17 bits per heavy atom. The second-order valence-electron chi connectivity index (χ2n) is 5.84. The van der Waals surface area contributed by atoms with E-state index in [1.54, 1.807) is 51.4 Å². The summed E-state index contributed by atoms with van der Waals surface area (Å²) in [4.78, 5) is 25.7. The van der Waals surface area contributed by atoms with E-state index in [0.29, 0.717) is 11.0 Å². The third kappa shape index (κ3) is 3.61. The van der Waals surface area contributed by atoms with Crippen molar-refractivity contribution in [3.05, 3.63) is 61.0 Å². The Balaban J connectivity index is 0.000000125. The van der Waals surface area contributed by atoms with Gasteiger partial charge in [-0.1, -0.05) is 0 Å². The lowest BCUT2D eigenvalue weighted by Crippen LogP contribution is -1.95. The van der Waals surface area contributed by atoms with Crippen molar-refractivity contribution in [3.8, 4) is 9.75 Å². The maximum Gasteiger partial charge on any atom is 0.345 e. The molecule has 146 valence electrons. The first-order valence-corrected chi connectivity index (χ1v) is 14.2. The van der Waals surface area contributed by atoms with E-state index in [-0.39, 0.29) is 11.4 Å². The highest BCUT2D eigenvalue weighted by atomic mass is 79.9. The summed E-state index contributed by atoms with van der Waals surface area (Å²) in [5.41, 5.74) is 2.06. The predicted octanol–water partition coefficient (Wildman–Crippen LogP) is 9.14. The van der Waals surface area contributed by atoms with Crippen LogP contribution in [0.15, 0.2) is 48.6 Å². The number of fused-ring (bicyclic) bond motifs is 6. The Bertz CT molecular complexity index is 1450. The van der Waals surface area contributed by atoms with Gasteiger partial charge in [-0.3, -0.25) is 4.79 Å². The first-order chi connectivity index (χ1) is 13.8. The molecule has 0 radical (unpaired) electrons. The van der Waals surface area contributed by atoms with Gasteiger partial charge in [0, 0.05) is 17.2 Å². The zero-order valence-corrected chi connectivity index (χ0v) is 23.3. The topological polar surface area (TPSA) is 47.3 Å². The van der Waals surface area contributed by atoms with Crippen LogP contribution in [0.5, 0.6) is 0 Å². The van der Waals surface area contributed by atoms with Gasteiger partial charge >= 0.3 is 5.63 Å². The molecule has 0 spiro atoms. The highest BCUT2D eigenvalue weighted by Crippen LogP contribution is 2.48. The molecule has 5 heterocycles. The smallest absolute Gasteiger partial charge is 0.345 e. The highest BCUT2D eigenvalue weighted by Gasteiger charge is 2.31. The minimum absolute atomic E-state index is 0.152. The second-order valence-corrected chi connectivity index (χ2v) is 15.6. The van der Waals surface area contributed by atoms with Crippen molar-refractivity contribution in [1.29, 1.82) is 0 Å². The van der Waals surface area contributed by atoms with E-state index in [9.17, 15) is 9.59 Å². The van der Waals surface area contributed by atoms with Crippen molar-refractivity contribution in [2.24, 2.45) is 0 Å². The minimum atomic E-state index is -0.273. The van der Waals surface area contributed by atoms with Crippen molar-refractivity contribution in [2.75, 3.05) is 0 Å². The lowest BCUT2D eigenvalue weighted by Gasteiger charge is -1.89. The Labute approximate surface area is 212 Å². The number of carbonyl (C=O) groups excluding carboxylic acids is 1. The summed E-state index contributed by atoms with van der Waals surface area (Å²) >= 11 is 20.0. The van der Waals surface area contributed by atoms with E-state index in [0.717, 1.165) is 45.4 Å². The number of carbonyl (C=O) groups is 1. The molecule has 0 atom stereocenters. The van der Waals surface area contributed by atoms with Gasteiger partial charge in [-0.2, -0.15) is 0 Å². The molecule has 3 nitrogen and oxygen atoms in total. The molecular formula is C18H4Br4O3S4. The summed E-state index contributed by atoms with van der Waals surface area (Å²) < 4.78 is 11.2. The quantitative estimate of drug-likeness (QED) is 0.158. The van der Waals surface area contributed by atoms with E-state index in [2.05, 4.69) is 63.7 Å². The molecule has 0 aliphatic heterocycles. The lowest BCUT2D eigenvalue weighted by molar-refractivity contribution is 0.104. The molecule has 0 saturated carbocycles. The fraction of sp³-hybridized carbons (Fsp3) is 0. The van der Waals surface area contributed by atoms with Crippen LogP contribution in [0.2, 0.25) is 0 Å². The van der Waals surface area contributed by atoms with E-state index < -0.39 is 0 Å². The average Bonchev–Trinajstić information content (AvgIpc) is 3.42. The Morgan fingerprint density at radius 1 is 0.655 bits per heavy atom. The molecule has 29 heavy (non-hydrogen) atoms. The predicted molar refractivity (Wildman–Crippen MR) is 138 cm³/mol. The van der Waals surface area contributed by atoms with Crippen LogP contribution in [0.25, 0.3) is 30.1 Å². The standard InChI is InChI=1S/C9H2Br2O2S2.C9H2Br2OS2/c10-5-1-3-7(14-5)8-4(13-9(3)12)2-6(11)15-8;10-5-1-3-7(12)4-2-6(11)14-9(4)8(3)13-5/h1-2H;1-2H. The molecule has 5 aromatic heterocycles. The Kier molecular flexibility index (Phi) is 5.56. The van der Waals surface area contributed by atoms with Gasteiger partial charge in [0.05, 0.1) is 39.7 Å². The fourth-order valence-corrected chi connectivity index (χ4v) is 9.55. The molecule has 0 fully saturated rings.